The van der Waals surface area contributed by atoms with Crippen molar-refractivity contribution in [1.82, 2.24) is 5.01 Å². The summed E-state index contributed by atoms with van der Waals surface area (Å²) in [5, 5.41) is 31.7. The molecule has 0 aromatic heterocycles. The minimum absolute atomic E-state index is 0.0245. The number of nitrogens with zero attached hydrogens (tertiary/aromatic N) is 2. The number of halogens is 2. The second kappa shape index (κ2) is 13.6. The number of nitrogens with one attached hydrogen (secondary N) is 1. The fourth-order valence-electron chi connectivity index (χ4n) is 9.26. The molecule has 0 radical (unpaired) electrons. The lowest BCUT2D eigenvalue weighted by atomic mass is 9.49. The lowest BCUT2D eigenvalue weighted by Gasteiger charge is -2.51. The van der Waals surface area contributed by atoms with Crippen molar-refractivity contribution in [2.45, 2.75) is 24.2 Å². The third-order valence-corrected chi connectivity index (χ3v) is 11.8. The van der Waals surface area contributed by atoms with Crippen molar-refractivity contribution in [2.24, 2.45) is 23.7 Å². The van der Waals surface area contributed by atoms with Crippen LogP contribution < -0.4 is 25.3 Å². The maximum Gasteiger partial charge on any atom is 0.488 e. The molecule has 2 aliphatic heterocycles. The van der Waals surface area contributed by atoms with E-state index < -0.39 is 71.6 Å². The summed E-state index contributed by atoms with van der Waals surface area (Å²) in [7, 11) is 0.957. The third-order valence-electron chi connectivity index (χ3n) is 11.5. The summed E-state index contributed by atoms with van der Waals surface area (Å²) < 4.78 is 25.6. The van der Waals surface area contributed by atoms with E-state index in [0.29, 0.717) is 21.7 Å². The van der Waals surface area contributed by atoms with E-state index >= 15 is 4.79 Å². The van der Waals surface area contributed by atoms with Gasteiger partial charge in [0.15, 0.2) is 0 Å². The number of amides is 4. The first-order chi connectivity index (χ1) is 26.4. The fourth-order valence-corrected chi connectivity index (χ4v) is 9.38. The van der Waals surface area contributed by atoms with Crippen LogP contribution in [0, 0.1) is 29.5 Å². The Hall–Kier alpha value is -5.70. The number of ether oxygens (including phenoxy) is 2. The third kappa shape index (κ3) is 5.49. The molecule has 4 aromatic carbocycles. The van der Waals surface area contributed by atoms with Crippen molar-refractivity contribution in [1.29, 1.82) is 0 Å². The predicted octanol–water partition coefficient (Wildman–Crippen LogP) is 4.07. The van der Waals surface area contributed by atoms with Crippen molar-refractivity contribution in [3.05, 3.63) is 119 Å². The summed E-state index contributed by atoms with van der Waals surface area (Å²) in [5.74, 6) is -7.43. The average molecular weight is 766 g/mol. The van der Waals surface area contributed by atoms with Crippen molar-refractivity contribution < 1.29 is 48.2 Å². The van der Waals surface area contributed by atoms with Crippen LogP contribution in [-0.4, -0.2) is 65.1 Å². The standard InChI is InChI=1S/C40H34BClFN3O9/c1-54-31-17-26(47)18-32(55-2)34(31)35-27-14-15-28-33(38(50)45(36(28)48)25-5-3-4-21(16-25)41(52)53)29(27)19-30-37(49)46(44-24-12-10-23(43)11-13-24)39(51)40(30,35)20-6-8-22(42)9-7-20/h3-14,16-18,28-30,33,35,44,47,52-53H,15,19H2,1-2H3/t28-,29+,30-,33-,35+,40+/m0/s1. The molecule has 1 saturated carbocycles. The SMILES string of the molecule is COc1cc(O)cc(OC)c1[C@H]1C2=CC[C@@H]3C(=O)N(c4cccc(B(O)O)c4)C(=O)[C@@H]3[C@@H]2C[C@H]2C(=O)N(Nc3ccc(F)cc3)C(=O)[C@@]12c1ccc(Cl)cc1. The largest absolute Gasteiger partial charge is 0.508 e. The molecule has 12 nitrogen and oxygen atoms in total. The van der Waals surface area contributed by atoms with Crippen LogP contribution in [0.1, 0.15) is 29.9 Å². The van der Waals surface area contributed by atoms with Crippen LogP contribution >= 0.6 is 11.6 Å². The number of hydrogen-bond acceptors (Lipinski definition) is 10. The van der Waals surface area contributed by atoms with Gasteiger partial charge in [-0.1, -0.05) is 47.5 Å². The lowest BCUT2D eigenvalue weighted by molar-refractivity contribution is -0.138. The van der Waals surface area contributed by atoms with Crippen molar-refractivity contribution >= 4 is 59.2 Å². The number of rotatable bonds is 8. The maximum atomic E-state index is 15.4. The van der Waals surface area contributed by atoms with Gasteiger partial charge in [-0.15, -0.1) is 0 Å². The lowest BCUT2D eigenvalue weighted by Crippen LogP contribution is -2.53. The van der Waals surface area contributed by atoms with Gasteiger partial charge in [0.1, 0.15) is 23.1 Å². The molecule has 0 bridgehead atoms. The zero-order valence-corrected chi connectivity index (χ0v) is 30.2. The molecule has 6 atom stereocenters. The number of allylic oxidation sites excluding steroid dienone is 2. The number of carbonyl (C=O) groups is 4. The average Bonchev–Trinajstić information content (AvgIpc) is 3.56. The monoisotopic (exact) mass is 765 g/mol. The Labute approximate surface area is 319 Å². The molecular weight excluding hydrogens is 732 g/mol. The number of phenols is 1. The highest BCUT2D eigenvalue weighted by Crippen LogP contribution is 2.66. The van der Waals surface area contributed by atoms with Crippen molar-refractivity contribution in [2.75, 3.05) is 24.5 Å². The minimum atomic E-state index is -1.84. The maximum absolute atomic E-state index is 15.4. The summed E-state index contributed by atoms with van der Waals surface area (Å²) in [6, 6.07) is 20.4. The van der Waals surface area contributed by atoms with Gasteiger partial charge in [-0.2, -0.15) is 5.01 Å². The minimum Gasteiger partial charge on any atom is -0.508 e. The van der Waals surface area contributed by atoms with Gasteiger partial charge >= 0.3 is 7.12 Å². The molecule has 4 aliphatic rings. The quantitative estimate of drug-likeness (QED) is 0.117. The number of fused-ring (bicyclic) bond motifs is 4. The number of methoxy groups -OCH3 is 2. The van der Waals surface area contributed by atoms with Gasteiger partial charge in [-0.05, 0) is 78.3 Å². The number of aromatic hydroxyl groups is 1. The van der Waals surface area contributed by atoms with Crippen molar-refractivity contribution in [3.8, 4) is 17.2 Å². The first-order valence-electron chi connectivity index (χ1n) is 17.6. The first-order valence-corrected chi connectivity index (χ1v) is 17.9. The Bertz CT molecular complexity index is 2260. The van der Waals surface area contributed by atoms with E-state index in [2.05, 4.69) is 5.43 Å². The van der Waals surface area contributed by atoms with E-state index in [1.54, 1.807) is 24.3 Å². The van der Waals surface area contributed by atoms with Crippen LogP contribution in [0.15, 0.2) is 96.6 Å². The van der Waals surface area contributed by atoms with Crippen LogP contribution in [-0.2, 0) is 24.6 Å². The van der Waals surface area contributed by atoms with Crippen LogP contribution in [0.2, 0.25) is 5.02 Å². The van der Waals surface area contributed by atoms with Gasteiger partial charge in [-0.25, -0.2) is 4.39 Å². The second-order valence-corrected chi connectivity index (χ2v) is 14.6. The predicted molar refractivity (Wildman–Crippen MR) is 199 cm³/mol. The van der Waals surface area contributed by atoms with E-state index in [1.165, 1.54) is 74.9 Å². The molecule has 2 heterocycles. The van der Waals surface area contributed by atoms with Crippen molar-refractivity contribution in [3.63, 3.8) is 0 Å². The molecule has 2 aliphatic carbocycles. The zero-order chi connectivity index (χ0) is 38.9. The van der Waals surface area contributed by atoms with Gasteiger partial charge in [-0.3, -0.25) is 29.5 Å². The molecule has 280 valence electrons. The second-order valence-electron chi connectivity index (χ2n) is 14.1. The van der Waals surface area contributed by atoms with Gasteiger partial charge in [0, 0.05) is 28.6 Å². The molecule has 55 heavy (non-hydrogen) atoms. The van der Waals surface area contributed by atoms with E-state index in [0.717, 1.165) is 9.91 Å². The normalized spacial score (nSPS) is 25.6. The summed E-state index contributed by atoms with van der Waals surface area (Å²) in [4.78, 5) is 60.2. The molecule has 8 rings (SSSR count). The van der Waals surface area contributed by atoms with E-state index in [9.17, 15) is 33.9 Å². The number of phenolic OH excluding ortho intramolecular Hbond substituents is 1. The van der Waals surface area contributed by atoms with E-state index in [1.807, 2.05) is 6.08 Å². The Morgan fingerprint density at radius 2 is 1.55 bits per heavy atom. The molecule has 4 aromatic rings. The van der Waals surface area contributed by atoms with Crippen LogP contribution in [0.5, 0.6) is 17.2 Å². The number of imide groups is 2. The van der Waals surface area contributed by atoms with Crippen LogP contribution in [0.3, 0.4) is 0 Å². The summed E-state index contributed by atoms with van der Waals surface area (Å²) in [6.07, 6.45) is 1.94. The molecule has 2 saturated heterocycles. The first kappa shape index (κ1) is 36.3. The highest BCUT2D eigenvalue weighted by atomic mass is 35.5. The molecule has 3 fully saturated rings. The number of benzene rings is 4. The molecule has 15 heteroatoms. The number of hydrogen-bond donors (Lipinski definition) is 4. The molecule has 0 unspecified atom stereocenters. The van der Waals surface area contributed by atoms with Gasteiger partial charge in [0.05, 0.1) is 48.8 Å². The smallest absolute Gasteiger partial charge is 0.488 e. The topological polar surface area (TPSA) is 166 Å². The molecule has 4 amide bonds. The molecule has 4 N–H and O–H groups in total. The van der Waals surface area contributed by atoms with E-state index in [4.69, 9.17) is 21.1 Å². The number of hydrazine groups is 1. The summed E-state index contributed by atoms with van der Waals surface area (Å²) in [6.45, 7) is 0. The summed E-state index contributed by atoms with van der Waals surface area (Å²) >= 11 is 6.38. The highest BCUT2D eigenvalue weighted by molar-refractivity contribution is 6.58. The molecule has 0 spiro atoms. The van der Waals surface area contributed by atoms with Gasteiger partial charge in [0.2, 0.25) is 11.8 Å². The summed E-state index contributed by atoms with van der Waals surface area (Å²) in [5.41, 5.74) is 3.07. The Balaban J connectivity index is 1.36. The number of carbonyl (C=O) groups excluding carboxylic acids is 4. The fraction of sp³-hybridized carbons (Fsp3) is 0.250. The van der Waals surface area contributed by atoms with Crippen LogP contribution in [0.25, 0.3) is 0 Å². The van der Waals surface area contributed by atoms with Gasteiger partial charge in [0.25, 0.3) is 11.8 Å². The van der Waals surface area contributed by atoms with Crippen LogP contribution in [0.4, 0.5) is 15.8 Å². The Morgan fingerprint density at radius 3 is 2.18 bits per heavy atom. The van der Waals surface area contributed by atoms with E-state index in [-0.39, 0.29) is 46.9 Å². The number of anilines is 2. The molecular formula is C40H34BClFN3O9. The Kier molecular flexibility index (Phi) is 8.94. The van der Waals surface area contributed by atoms with Gasteiger partial charge < -0.3 is 24.6 Å². The Morgan fingerprint density at radius 1 is 0.873 bits per heavy atom. The highest BCUT2D eigenvalue weighted by Gasteiger charge is 2.71. The zero-order valence-electron chi connectivity index (χ0n) is 29.5.